The first-order valence-corrected chi connectivity index (χ1v) is 6.74. The van der Waals surface area contributed by atoms with Crippen molar-refractivity contribution >= 4 is 15.9 Å². The second-order valence-corrected chi connectivity index (χ2v) is 5.24. The molecular weight excluding hydrogens is 268 g/mol. The van der Waals surface area contributed by atoms with Gasteiger partial charge in [-0.3, -0.25) is 0 Å². The van der Waals surface area contributed by atoms with Crippen LogP contribution in [0.2, 0.25) is 0 Å². The highest BCUT2D eigenvalue weighted by atomic mass is 79.9. The van der Waals surface area contributed by atoms with E-state index in [0.29, 0.717) is 6.01 Å². The molecule has 0 spiro atoms. The van der Waals surface area contributed by atoms with Crippen molar-refractivity contribution in [3.05, 3.63) is 16.9 Å². The highest BCUT2D eigenvalue weighted by Crippen LogP contribution is 2.26. The molecule has 1 aliphatic rings. The van der Waals surface area contributed by atoms with Crippen molar-refractivity contribution in [3.8, 4) is 6.01 Å². The Hall–Kier alpha value is -0.640. The minimum absolute atomic E-state index is 0.485. The fraction of sp³-hybridized carbons (Fsp3) is 0.667. The third kappa shape index (κ3) is 3.74. The van der Waals surface area contributed by atoms with Crippen LogP contribution in [0.25, 0.3) is 0 Å². The number of hydrogen-bond donors (Lipinski definition) is 0. The van der Waals surface area contributed by atoms with E-state index >= 15 is 0 Å². The van der Waals surface area contributed by atoms with Gasteiger partial charge >= 0.3 is 6.01 Å². The molecule has 0 N–H and O–H groups in total. The van der Waals surface area contributed by atoms with E-state index in [-0.39, 0.29) is 0 Å². The number of hydrogen-bond acceptors (Lipinski definition) is 3. The Balaban J connectivity index is 1.69. The lowest BCUT2D eigenvalue weighted by atomic mass is 9.87. The van der Waals surface area contributed by atoms with Gasteiger partial charge in [0.1, 0.15) is 0 Å². The Labute approximate surface area is 105 Å². The van der Waals surface area contributed by atoms with E-state index in [1.807, 2.05) is 0 Å². The van der Waals surface area contributed by atoms with Crippen LogP contribution in [-0.2, 0) is 0 Å². The monoisotopic (exact) mass is 284 g/mol. The zero-order chi connectivity index (χ0) is 11.2. The molecule has 16 heavy (non-hydrogen) atoms. The number of ether oxygens (including phenoxy) is 1. The Bertz CT molecular complexity index is 309. The Morgan fingerprint density at radius 3 is 2.56 bits per heavy atom. The summed E-state index contributed by atoms with van der Waals surface area (Å²) >= 11 is 3.30. The normalized spacial score (nSPS) is 17.3. The second-order valence-electron chi connectivity index (χ2n) is 4.33. The fourth-order valence-corrected chi connectivity index (χ4v) is 2.37. The van der Waals surface area contributed by atoms with Gasteiger partial charge in [0.25, 0.3) is 0 Å². The molecule has 1 heterocycles. The van der Waals surface area contributed by atoms with Crippen molar-refractivity contribution in [1.29, 1.82) is 0 Å². The minimum Gasteiger partial charge on any atom is -0.463 e. The molecule has 0 unspecified atom stereocenters. The van der Waals surface area contributed by atoms with Gasteiger partial charge in [0, 0.05) is 12.4 Å². The molecule has 1 fully saturated rings. The average Bonchev–Trinajstić information content (AvgIpc) is 2.33. The zero-order valence-electron chi connectivity index (χ0n) is 9.36. The molecule has 0 saturated heterocycles. The SMILES string of the molecule is Brc1cnc(OCCC2CCCCC2)nc1. The number of nitrogens with zero attached hydrogens (tertiary/aromatic N) is 2. The van der Waals surface area contributed by atoms with Crippen molar-refractivity contribution in [2.75, 3.05) is 6.61 Å². The summed E-state index contributed by atoms with van der Waals surface area (Å²) in [7, 11) is 0. The van der Waals surface area contributed by atoms with Gasteiger partial charge in [0.05, 0.1) is 11.1 Å². The molecule has 0 aromatic carbocycles. The fourth-order valence-electron chi connectivity index (χ4n) is 2.17. The molecule has 0 bridgehead atoms. The topological polar surface area (TPSA) is 35.0 Å². The van der Waals surface area contributed by atoms with Gasteiger partial charge in [-0.25, -0.2) is 9.97 Å². The van der Waals surface area contributed by atoms with Crippen molar-refractivity contribution in [1.82, 2.24) is 9.97 Å². The molecule has 0 radical (unpaired) electrons. The van der Waals surface area contributed by atoms with Crippen LogP contribution in [0.15, 0.2) is 16.9 Å². The van der Waals surface area contributed by atoms with E-state index in [1.165, 1.54) is 32.1 Å². The molecular formula is C12H17BrN2O. The van der Waals surface area contributed by atoms with Gasteiger partial charge < -0.3 is 4.74 Å². The predicted octanol–water partition coefficient (Wildman–Crippen LogP) is 3.59. The number of halogens is 1. The molecule has 1 aliphatic carbocycles. The molecule has 4 heteroatoms. The molecule has 0 amide bonds. The van der Waals surface area contributed by atoms with Gasteiger partial charge in [-0.15, -0.1) is 0 Å². The first-order chi connectivity index (χ1) is 7.84. The van der Waals surface area contributed by atoms with Gasteiger partial charge in [0.2, 0.25) is 0 Å². The summed E-state index contributed by atoms with van der Waals surface area (Å²) in [6, 6.07) is 0.485. The molecule has 88 valence electrons. The highest BCUT2D eigenvalue weighted by Gasteiger charge is 2.13. The molecule has 1 aromatic rings. The number of aromatic nitrogens is 2. The lowest BCUT2D eigenvalue weighted by molar-refractivity contribution is 0.233. The summed E-state index contributed by atoms with van der Waals surface area (Å²) in [6.45, 7) is 0.742. The van der Waals surface area contributed by atoms with Crippen LogP contribution in [0.4, 0.5) is 0 Å². The van der Waals surface area contributed by atoms with Gasteiger partial charge in [-0.2, -0.15) is 0 Å². The minimum atomic E-state index is 0.485. The lowest BCUT2D eigenvalue weighted by Gasteiger charge is -2.20. The molecule has 1 saturated carbocycles. The third-order valence-corrected chi connectivity index (χ3v) is 3.49. The summed E-state index contributed by atoms with van der Waals surface area (Å²) < 4.78 is 6.40. The molecule has 2 rings (SSSR count). The third-order valence-electron chi connectivity index (χ3n) is 3.08. The summed E-state index contributed by atoms with van der Waals surface area (Å²) in [5, 5.41) is 0. The maximum absolute atomic E-state index is 5.52. The van der Waals surface area contributed by atoms with Crippen molar-refractivity contribution in [2.45, 2.75) is 38.5 Å². The van der Waals surface area contributed by atoms with Crippen LogP contribution < -0.4 is 4.74 Å². The maximum atomic E-state index is 5.52. The van der Waals surface area contributed by atoms with Crippen LogP contribution in [-0.4, -0.2) is 16.6 Å². The Morgan fingerprint density at radius 1 is 1.19 bits per heavy atom. The predicted molar refractivity (Wildman–Crippen MR) is 66.4 cm³/mol. The smallest absolute Gasteiger partial charge is 0.316 e. The first-order valence-electron chi connectivity index (χ1n) is 5.95. The molecule has 0 atom stereocenters. The van der Waals surface area contributed by atoms with Crippen molar-refractivity contribution in [2.24, 2.45) is 5.92 Å². The summed E-state index contributed by atoms with van der Waals surface area (Å²) in [4.78, 5) is 8.16. The van der Waals surface area contributed by atoms with Crippen LogP contribution >= 0.6 is 15.9 Å². The molecule has 1 aromatic heterocycles. The molecule has 3 nitrogen and oxygen atoms in total. The average molecular weight is 285 g/mol. The van der Waals surface area contributed by atoms with Crippen LogP contribution in [0.5, 0.6) is 6.01 Å². The van der Waals surface area contributed by atoms with E-state index in [2.05, 4.69) is 25.9 Å². The maximum Gasteiger partial charge on any atom is 0.316 e. The largest absolute Gasteiger partial charge is 0.463 e. The van der Waals surface area contributed by atoms with E-state index in [9.17, 15) is 0 Å². The Morgan fingerprint density at radius 2 is 1.88 bits per heavy atom. The van der Waals surface area contributed by atoms with E-state index < -0.39 is 0 Å². The van der Waals surface area contributed by atoms with E-state index in [4.69, 9.17) is 4.74 Å². The van der Waals surface area contributed by atoms with Gasteiger partial charge in [0.15, 0.2) is 0 Å². The van der Waals surface area contributed by atoms with Crippen LogP contribution in [0.1, 0.15) is 38.5 Å². The van der Waals surface area contributed by atoms with E-state index in [0.717, 1.165) is 23.4 Å². The van der Waals surface area contributed by atoms with Crippen molar-refractivity contribution < 1.29 is 4.74 Å². The highest BCUT2D eigenvalue weighted by molar-refractivity contribution is 9.10. The van der Waals surface area contributed by atoms with Gasteiger partial charge in [-0.05, 0) is 28.3 Å². The summed E-state index contributed by atoms with van der Waals surface area (Å²) in [5.74, 6) is 0.851. The van der Waals surface area contributed by atoms with Crippen LogP contribution in [0.3, 0.4) is 0 Å². The van der Waals surface area contributed by atoms with Crippen molar-refractivity contribution in [3.63, 3.8) is 0 Å². The summed E-state index contributed by atoms with van der Waals surface area (Å²) in [5.41, 5.74) is 0. The summed E-state index contributed by atoms with van der Waals surface area (Å²) in [6.07, 6.45) is 11.5. The second kappa shape index (κ2) is 6.18. The Kier molecular flexibility index (Phi) is 4.57. The zero-order valence-corrected chi connectivity index (χ0v) is 10.9. The van der Waals surface area contributed by atoms with Gasteiger partial charge in [-0.1, -0.05) is 32.1 Å². The van der Waals surface area contributed by atoms with E-state index in [1.54, 1.807) is 12.4 Å². The quantitative estimate of drug-likeness (QED) is 0.848. The number of rotatable bonds is 4. The standard InChI is InChI=1S/C12H17BrN2O/c13-11-8-14-12(15-9-11)16-7-6-10-4-2-1-3-5-10/h8-10H,1-7H2. The molecule has 0 aliphatic heterocycles. The lowest BCUT2D eigenvalue weighted by Crippen LogP contribution is -2.11. The van der Waals surface area contributed by atoms with Crippen LogP contribution in [0, 0.1) is 5.92 Å². The first kappa shape index (κ1) is 11.8.